The maximum absolute atomic E-state index is 12.8. The van der Waals surface area contributed by atoms with Crippen LogP contribution in [0, 0.1) is 0 Å². The van der Waals surface area contributed by atoms with Crippen molar-refractivity contribution in [3.63, 3.8) is 0 Å². The second kappa shape index (κ2) is 6.75. The van der Waals surface area contributed by atoms with Crippen LogP contribution in [-0.2, 0) is 19.3 Å². The fourth-order valence-corrected chi connectivity index (χ4v) is 3.03. The Labute approximate surface area is 130 Å². The molecule has 2 aromatic rings. The lowest BCUT2D eigenvalue weighted by Crippen LogP contribution is -2.37. The Hall–Kier alpha value is -2.14. The lowest BCUT2D eigenvalue weighted by molar-refractivity contribution is 0.0755. The van der Waals surface area contributed by atoms with E-state index in [1.54, 1.807) is 0 Å². The van der Waals surface area contributed by atoms with Gasteiger partial charge in [0.15, 0.2) is 5.69 Å². The minimum absolute atomic E-state index is 0.000723. The standard InChI is InChI=1S/C17H22N4O/c18-10-12-21(11-9-13-5-2-1-3-6-13)17(22)16-14-7-4-8-15(14)19-20-16/h1-3,5-6H,4,7-12,18H2,(H,19,20). The second-order valence-electron chi connectivity index (χ2n) is 5.70. The van der Waals surface area contributed by atoms with Gasteiger partial charge in [0.05, 0.1) is 0 Å². The Bertz CT molecular complexity index is 635. The first-order chi connectivity index (χ1) is 10.8. The molecule has 3 N–H and O–H groups in total. The van der Waals surface area contributed by atoms with E-state index >= 15 is 0 Å². The fraction of sp³-hybridized carbons (Fsp3) is 0.412. The predicted molar refractivity (Wildman–Crippen MR) is 85.7 cm³/mol. The van der Waals surface area contributed by atoms with Crippen LogP contribution in [0.1, 0.15) is 33.7 Å². The minimum atomic E-state index is 0.000723. The number of fused-ring (bicyclic) bond motifs is 1. The highest BCUT2D eigenvalue weighted by Gasteiger charge is 2.26. The number of carbonyl (C=O) groups excluding carboxylic acids is 1. The second-order valence-corrected chi connectivity index (χ2v) is 5.70. The molecule has 0 fully saturated rings. The molecule has 3 rings (SSSR count). The third kappa shape index (κ3) is 3.04. The number of aryl methyl sites for hydroxylation is 1. The zero-order chi connectivity index (χ0) is 15.4. The molecule has 22 heavy (non-hydrogen) atoms. The largest absolute Gasteiger partial charge is 0.336 e. The molecule has 5 heteroatoms. The topological polar surface area (TPSA) is 75.0 Å². The number of aromatic nitrogens is 2. The molecule has 0 radical (unpaired) electrons. The van der Waals surface area contributed by atoms with Gasteiger partial charge in [-0.25, -0.2) is 0 Å². The average Bonchev–Trinajstić information content (AvgIpc) is 3.15. The number of nitrogens with one attached hydrogen (secondary N) is 1. The molecule has 0 spiro atoms. The van der Waals surface area contributed by atoms with Gasteiger partial charge in [-0.1, -0.05) is 30.3 Å². The highest BCUT2D eigenvalue weighted by atomic mass is 16.2. The van der Waals surface area contributed by atoms with Gasteiger partial charge in [-0.2, -0.15) is 5.10 Å². The van der Waals surface area contributed by atoms with Crippen molar-refractivity contribution < 1.29 is 4.79 Å². The first-order valence-corrected chi connectivity index (χ1v) is 7.89. The molecular formula is C17H22N4O. The van der Waals surface area contributed by atoms with Crippen LogP contribution in [0.25, 0.3) is 0 Å². The number of aromatic amines is 1. The molecule has 0 bridgehead atoms. The summed E-state index contributed by atoms with van der Waals surface area (Å²) >= 11 is 0. The Balaban J connectivity index is 1.71. The van der Waals surface area contributed by atoms with Gasteiger partial charge in [0, 0.05) is 30.9 Å². The molecule has 1 heterocycles. The van der Waals surface area contributed by atoms with E-state index in [-0.39, 0.29) is 5.91 Å². The predicted octanol–water partition coefficient (Wildman–Crippen LogP) is 1.54. The first kappa shape index (κ1) is 14.8. The number of nitrogens with zero attached hydrogens (tertiary/aromatic N) is 2. The maximum atomic E-state index is 12.8. The van der Waals surface area contributed by atoms with E-state index in [1.165, 1.54) is 5.56 Å². The molecule has 1 aliphatic rings. The zero-order valence-corrected chi connectivity index (χ0v) is 12.7. The highest BCUT2D eigenvalue weighted by Crippen LogP contribution is 2.23. The van der Waals surface area contributed by atoms with Crippen LogP contribution in [0.4, 0.5) is 0 Å². The summed E-state index contributed by atoms with van der Waals surface area (Å²) in [7, 11) is 0. The van der Waals surface area contributed by atoms with Crippen molar-refractivity contribution >= 4 is 5.91 Å². The van der Waals surface area contributed by atoms with Crippen LogP contribution in [-0.4, -0.2) is 40.6 Å². The lowest BCUT2D eigenvalue weighted by atomic mass is 10.1. The van der Waals surface area contributed by atoms with Crippen molar-refractivity contribution in [1.82, 2.24) is 15.1 Å². The quantitative estimate of drug-likeness (QED) is 0.849. The highest BCUT2D eigenvalue weighted by molar-refractivity contribution is 5.94. The van der Waals surface area contributed by atoms with Gasteiger partial charge < -0.3 is 10.6 Å². The summed E-state index contributed by atoms with van der Waals surface area (Å²) in [5, 5.41) is 7.25. The van der Waals surface area contributed by atoms with E-state index in [4.69, 9.17) is 5.73 Å². The average molecular weight is 298 g/mol. The molecule has 1 amide bonds. The molecular weight excluding hydrogens is 276 g/mol. The smallest absolute Gasteiger partial charge is 0.274 e. The third-order valence-electron chi connectivity index (χ3n) is 4.21. The number of rotatable bonds is 6. The van der Waals surface area contributed by atoms with Gasteiger partial charge in [-0.15, -0.1) is 0 Å². The number of amides is 1. The normalized spacial score (nSPS) is 13.1. The molecule has 0 aliphatic heterocycles. The molecule has 116 valence electrons. The molecule has 0 unspecified atom stereocenters. The Kier molecular flexibility index (Phi) is 4.53. The number of carbonyl (C=O) groups is 1. The summed E-state index contributed by atoms with van der Waals surface area (Å²) in [4.78, 5) is 14.6. The van der Waals surface area contributed by atoms with Gasteiger partial charge in [0.2, 0.25) is 0 Å². The van der Waals surface area contributed by atoms with Crippen molar-refractivity contribution in [1.29, 1.82) is 0 Å². The van der Waals surface area contributed by atoms with Crippen LogP contribution in [0.2, 0.25) is 0 Å². The summed E-state index contributed by atoms with van der Waals surface area (Å²) < 4.78 is 0. The van der Waals surface area contributed by atoms with E-state index in [0.717, 1.165) is 36.9 Å². The van der Waals surface area contributed by atoms with Crippen LogP contribution in [0.5, 0.6) is 0 Å². The van der Waals surface area contributed by atoms with Gasteiger partial charge >= 0.3 is 0 Å². The number of benzene rings is 1. The molecule has 1 aromatic carbocycles. The van der Waals surface area contributed by atoms with E-state index in [0.29, 0.717) is 25.3 Å². The van der Waals surface area contributed by atoms with E-state index in [2.05, 4.69) is 22.3 Å². The summed E-state index contributed by atoms with van der Waals surface area (Å²) in [6, 6.07) is 10.2. The number of hydrogen-bond donors (Lipinski definition) is 2. The van der Waals surface area contributed by atoms with E-state index in [1.807, 2.05) is 23.1 Å². The van der Waals surface area contributed by atoms with Gasteiger partial charge in [0.25, 0.3) is 5.91 Å². The van der Waals surface area contributed by atoms with E-state index in [9.17, 15) is 4.79 Å². The summed E-state index contributed by atoms with van der Waals surface area (Å²) in [6.07, 6.45) is 3.88. The van der Waals surface area contributed by atoms with Crippen LogP contribution < -0.4 is 5.73 Å². The number of H-pyrrole nitrogens is 1. The molecule has 1 aliphatic carbocycles. The molecule has 0 saturated carbocycles. The van der Waals surface area contributed by atoms with Crippen molar-refractivity contribution in [3.8, 4) is 0 Å². The van der Waals surface area contributed by atoms with Crippen molar-refractivity contribution in [2.75, 3.05) is 19.6 Å². The van der Waals surface area contributed by atoms with Crippen molar-refractivity contribution in [3.05, 3.63) is 52.8 Å². The maximum Gasteiger partial charge on any atom is 0.274 e. The van der Waals surface area contributed by atoms with Gasteiger partial charge in [-0.05, 0) is 31.2 Å². The zero-order valence-electron chi connectivity index (χ0n) is 12.7. The first-order valence-electron chi connectivity index (χ1n) is 7.89. The summed E-state index contributed by atoms with van der Waals surface area (Å²) in [5.74, 6) is 0.000723. The number of hydrogen-bond acceptors (Lipinski definition) is 3. The number of nitrogens with two attached hydrogens (primary N) is 1. The monoisotopic (exact) mass is 298 g/mol. The molecule has 5 nitrogen and oxygen atoms in total. The minimum Gasteiger partial charge on any atom is -0.336 e. The molecule has 0 saturated heterocycles. The van der Waals surface area contributed by atoms with Gasteiger partial charge in [0.1, 0.15) is 0 Å². The lowest BCUT2D eigenvalue weighted by Gasteiger charge is -2.21. The van der Waals surface area contributed by atoms with E-state index < -0.39 is 0 Å². The Morgan fingerprint density at radius 3 is 2.82 bits per heavy atom. The SMILES string of the molecule is NCCN(CCc1ccccc1)C(=O)c1n[nH]c2c1CCC2. The molecule has 0 atom stereocenters. The van der Waals surface area contributed by atoms with Crippen LogP contribution >= 0.6 is 0 Å². The summed E-state index contributed by atoms with van der Waals surface area (Å²) in [6.45, 7) is 1.70. The fourth-order valence-electron chi connectivity index (χ4n) is 3.03. The van der Waals surface area contributed by atoms with Crippen molar-refractivity contribution in [2.24, 2.45) is 5.73 Å². The Morgan fingerprint density at radius 1 is 1.23 bits per heavy atom. The summed E-state index contributed by atoms with van der Waals surface area (Å²) in [5.41, 5.74) is 9.73. The van der Waals surface area contributed by atoms with Crippen LogP contribution in [0.15, 0.2) is 30.3 Å². The van der Waals surface area contributed by atoms with Crippen molar-refractivity contribution in [2.45, 2.75) is 25.7 Å². The van der Waals surface area contributed by atoms with Crippen LogP contribution in [0.3, 0.4) is 0 Å². The Morgan fingerprint density at radius 2 is 2.05 bits per heavy atom. The third-order valence-corrected chi connectivity index (χ3v) is 4.21. The van der Waals surface area contributed by atoms with Gasteiger partial charge in [-0.3, -0.25) is 9.89 Å². The molecule has 1 aromatic heterocycles.